The average Bonchev–Trinajstić information content (AvgIpc) is 3.15. The molecule has 142 valence electrons. The van der Waals surface area contributed by atoms with Crippen LogP contribution in [0.4, 0.5) is 5.69 Å². The van der Waals surface area contributed by atoms with Crippen molar-refractivity contribution in [1.82, 2.24) is 20.2 Å². The molecule has 9 heteroatoms. The zero-order valence-electron chi connectivity index (χ0n) is 15.0. The summed E-state index contributed by atoms with van der Waals surface area (Å²) in [6.45, 7) is 0.490. The summed E-state index contributed by atoms with van der Waals surface area (Å²) in [5, 5.41) is 25.7. The van der Waals surface area contributed by atoms with Crippen LogP contribution in [0.5, 0.6) is 11.5 Å². The van der Waals surface area contributed by atoms with E-state index in [2.05, 4.69) is 20.8 Å². The second kappa shape index (κ2) is 8.70. The first-order valence-corrected chi connectivity index (χ1v) is 8.65. The highest BCUT2D eigenvalue weighted by Crippen LogP contribution is 2.35. The van der Waals surface area contributed by atoms with Crippen LogP contribution in [-0.4, -0.2) is 52.2 Å². The van der Waals surface area contributed by atoms with Crippen molar-refractivity contribution in [3.8, 4) is 22.9 Å². The van der Waals surface area contributed by atoms with E-state index in [1.807, 2.05) is 30.3 Å². The summed E-state index contributed by atoms with van der Waals surface area (Å²) in [7, 11) is 3.09. The van der Waals surface area contributed by atoms with E-state index >= 15 is 0 Å². The van der Waals surface area contributed by atoms with Gasteiger partial charge in [-0.2, -0.15) is 0 Å². The topological polar surface area (TPSA) is 94.3 Å². The normalized spacial score (nSPS) is 11.9. The van der Waals surface area contributed by atoms with E-state index in [1.165, 1.54) is 7.11 Å². The number of hydrogen-bond acceptors (Lipinski definition) is 7. The molecule has 3 aromatic rings. The van der Waals surface area contributed by atoms with Crippen molar-refractivity contribution in [3.63, 3.8) is 0 Å². The zero-order valence-corrected chi connectivity index (χ0v) is 15.7. The fourth-order valence-electron chi connectivity index (χ4n) is 2.61. The number of rotatable bonds is 8. The number of methoxy groups -OCH3 is 2. The lowest BCUT2D eigenvalue weighted by Crippen LogP contribution is -2.26. The number of tetrazole rings is 1. The molecule has 0 unspecified atom stereocenters. The molecule has 27 heavy (non-hydrogen) atoms. The number of aliphatic hydroxyl groups is 1. The number of nitrogens with zero attached hydrogens (tertiary/aromatic N) is 4. The van der Waals surface area contributed by atoms with Crippen molar-refractivity contribution in [1.29, 1.82) is 0 Å². The van der Waals surface area contributed by atoms with E-state index in [9.17, 15) is 5.11 Å². The second-order valence-electron chi connectivity index (χ2n) is 5.77. The Bertz CT molecular complexity index is 888. The minimum Gasteiger partial charge on any atom is -0.495 e. The lowest BCUT2D eigenvalue weighted by atomic mass is 10.2. The fourth-order valence-corrected chi connectivity index (χ4v) is 2.85. The van der Waals surface area contributed by atoms with Gasteiger partial charge in [0.1, 0.15) is 11.5 Å². The predicted molar refractivity (Wildman–Crippen MR) is 102 cm³/mol. The molecule has 0 saturated heterocycles. The van der Waals surface area contributed by atoms with Gasteiger partial charge in [-0.05, 0) is 16.5 Å². The SMILES string of the molecule is COc1cc(OC)c(NC[C@@H](O)Cn2nnnc2-c2ccccc2)cc1Cl. The van der Waals surface area contributed by atoms with Crippen LogP contribution in [0.3, 0.4) is 0 Å². The van der Waals surface area contributed by atoms with E-state index in [0.29, 0.717) is 28.0 Å². The lowest BCUT2D eigenvalue weighted by molar-refractivity contribution is 0.161. The molecule has 1 atom stereocenters. The average molecular weight is 390 g/mol. The highest BCUT2D eigenvalue weighted by Gasteiger charge is 2.15. The molecule has 0 aliphatic rings. The van der Waals surface area contributed by atoms with Gasteiger partial charge in [0.2, 0.25) is 0 Å². The van der Waals surface area contributed by atoms with Crippen molar-refractivity contribution in [2.24, 2.45) is 0 Å². The maximum atomic E-state index is 10.4. The van der Waals surface area contributed by atoms with E-state index in [4.69, 9.17) is 21.1 Å². The molecule has 8 nitrogen and oxygen atoms in total. The van der Waals surface area contributed by atoms with Gasteiger partial charge in [0.25, 0.3) is 0 Å². The summed E-state index contributed by atoms with van der Waals surface area (Å²) in [5.41, 5.74) is 1.54. The first-order chi connectivity index (χ1) is 13.1. The van der Waals surface area contributed by atoms with Crippen LogP contribution < -0.4 is 14.8 Å². The number of ether oxygens (including phenoxy) is 2. The van der Waals surface area contributed by atoms with Crippen molar-refractivity contribution in [3.05, 3.63) is 47.5 Å². The Morgan fingerprint density at radius 1 is 1.15 bits per heavy atom. The Hall–Kier alpha value is -2.84. The van der Waals surface area contributed by atoms with Crippen LogP contribution in [0.1, 0.15) is 0 Å². The number of aromatic nitrogens is 4. The molecule has 0 saturated carbocycles. The number of halogens is 1. The number of hydrogen-bond donors (Lipinski definition) is 2. The third-order valence-electron chi connectivity index (χ3n) is 3.95. The first-order valence-electron chi connectivity index (χ1n) is 8.27. The van der Waals surface area contributed by atoms with Crippen LogP contribution in [-0.2, 0) is 6.54 Å². The quantitative estimate of drug-likeness (QED) is 0.611. The van der Waals surface area contributed by atoms with Crippen molar-refractivity contribution < 1.29 is 14.6 Å². The molecule has 0 aliphatic carbocycles. The Kier molecular flexibility index (Phi) is 6.10. The number of nitrogens with one attached hydrogen (secondary N) is 1. The minimum atomic E-state index is -0.735. The molecular weight excluding hydrogens is 370 g/mol. The minimum absolute atomic E-state index is 0.233. The summed E-state index contributed by atoms with van der Waals surface area (Å²) in [5.74, 6) is 1.68. The van der Waals surface area contributed by atoms with Gasteiger partial charge < -0.3 is 19.9 Å². The number of anilines is 1. The van der Waals surface area contributed by atoms with Crippen LogP contribution in [0, 0.1) is 0 Å². The Morgan fingerprint density at radius 2 is 1.89 bits per heavy atom. The van der Waals surface area contributed by atoms with Crippen molar-refractivity contribution in [2.45, 2.75) is 12.6 Å². The second-order valence-corrected chi connectivity index (χ2v) is 6.18. The van der Waals surface area contributed by atoms with Gasteiger partial charge in [-0.15, -0.1) is 5.10 Å². The van der Waals surface area contributed by atoms with Gasteiger partial charge in [0, 0.05) is 18.2 Å². The van der Waals surface area contributed by atoms with Gasteiger partial charge in [-0.25, -0.2) is 4.68 Å². The third kappa shape index (κ3) is 4.47. The standard InChI is InChI=1S/C18H20ClN5O3/c1-26-16-9-17(27-2)15(8-14(16)19)20-10-13(25)11-24-18(21-22-23-24)12-6-4-3-5-7-12/h3-9,13,20,25H,10-11H2,1-2H3/t13-/m1/s1. The van der Waals surface area contributed by atoms with E-state index in [0.717, 1.165) is 5.56 Å². The van der Waals surface area contributed by atoms with E-state index < -0.39 is 6.10 Å². The molecule has 0 radical (unpaired) electrons. The lowest BCUT2D eigenvalue weighted by Gasteiger charge is -2.16. The summed E-state index contributed by atoms with van der Waals surface area (Å²) < 4.78 is 12.1. The number of aliphatic hydroxyl groups excluding tert-OH is 1. The first kappa shape index (κ1) is 18.9. The fraction of sp³-hybridized carbons (Fsp3) is 0.278. The molecule has 0 fully saturated rings. The molecule has 2 N–H and O–H groups in total. The van der Waals surface area contributed by atoms with Gasteiger partial charge in [0.15, 0.2) is 5.82 Å². The van der Waals surface area contributed by atoms with Crippen molar-refractivity contribution in [2.75, 3.05) is 26.1 Å². The molecule has 1 heterocycles. The van der Waals surface area contributed by atoms with Crippen LogP contribution >= 0.6 is 11.6 Å². The molecule has 1 aromatic heterocycles. The van der Waals surface area contributed by atoms with Gasteiger partial charge >= 0.3 is 0 Å². The predicted octanol–water partition coefficient (Wildman–Crippen LogP) is 2.48. The highest BCUT2D eigenvalue weighted by molar-refractivity contribution is 6.32. The Balaban J connectivity index is 1.67. The van der Waals surface area contributed by atoms with Gasteiger partial charge in [-0.3, -0.25) is 0 Å². The van der Waals surface area contributed by atoms with E-state index in [-0.39, 0.29) is 13.1 Å². The van der Waals surface area contributed by atoms with Crippen LogP contribution in [0.2, 0.25) is 5.02 Å². The Labute approximate surface area is 161 Å². The zero-order chi connectivity index (χ0) is 19.2. The van der Waals surface area contributed by atoms with Gasteiger partial charge in [0.05, 0.1) is 37.6 Å². The molecule has 0 amide bonds. The molecule has 0 bridgehead atoms. The van der Waals surface area contributed by atoms with Gasteiger partial charge in [-0.1, -0.05) is 41.9 Å². The highest BCUT2D eigenvalue weighted by atomic mass is 35.5. The molecular formula is C18H20ClN5O3. The molecule has 3 rings (SSSR count). The molecule has 0 aliphatic heterocycles. The van der Waals surface area contributed by atoms with Crippen LogP contribution in [0.15, 0.2) is 42.5 Å². The smallest absolute Gasteiger partial charge is 0.182 e. The maximum absolute atomic E-state index is 10.4. The molecule has 0 spiro atoms. The van der Waals surface area contributed by atoms with Crippen molar-refractivity contribution >= 4 is 17.3 Å². The third-order valence-corrected chi connectivity index (χ3v) is 4.25. The monoisotopic (exact) mass is 389 g/mol. The molecule has 2 aromatic carbocycles. The maximum Gasteiger partial charge on any atom is 0.182 e. The summed E-state index contributed by atoms with van der Waals surface area (Å²) in [6.07, 6.45) is -0.735. The number of benzene rings is 2. The summed E-state index contributed by atoms with van der Waals surface area (Å²) in [6, 6.07) is 12.9. The Morgan fingerprint density at radius 3 is 2.59 bits per heavy atom. The summed E-state index contributed by atoms with van der Waals surface area (Å²) >= 11 is 6.16. The largest absolute Gasteiger partial charge is 0.495 e. The van der Waals surface area contributed by atoms with E-state index in [1.54, 1.807) is 23.9 Å². The van der Waals surface area contributed by atoms with Crippen LogP contribution in [0.25, 0.3) is 11.4 Å². The summed E-state index contributed by atoms with van der Waals surface area (Å²) in [4.78, 5) is 0.